The molecular formula is C14H13NO4S2. The van der Waals surface area contributed by atoms with Crippen molar-refractivity contribution in [2.24, 2.45) is 0 Å². The summed E-state index contributed by atoms with van der Waals surface area (Å²) >= 11 is 2.91. The van der Waals surface area contributed by atoms with Gasteiger partial charge < -0.3 is 10.2 Å². The van der Waals surface area contributed by atoms with E-state index >= 15 is 0 Å². The molecule has 0 spiro atoms. The van der Waals surface area contributed by atoms with Gasteiger partial charge in [0.05, 0.1) is 17.7 Å². The van der Waals surface area contributed by atoms with Crippen LogP contribution in [-0.2, 0) is 17.0 Å². The van der Waals surface area contributed by atoms with E-state index < -0.39 is 11.9 Å². The molecule has 2 rings (SSSR count). The number of carbonyl (C=O) groups is 2. The van der Waals surface area contributed by atoms with Crippen molar-refractivity contribution in [1.82, 2.24) is 4.98 Å². The van der Waals surface area contributed by atoms with E-state index in [1.165, 1.54) is 23.1 Å². The monoisotopic (exact) mass is 323 g/mol. The van der Waals surface area contributed by atoms with Crippen LogP contribution < -0.4 is 0 Å². The van der Waals surface area contributed by atoms with Gasteiger partial charge in [0.25, 0.3) is 0 Å². The summed E-state index contributed by atoms with van der Waals surface area (Å²) < 4.78 is 0.825. The minimum absolute atomic E-state index is 0.00261. The first-order valence-corrected chi connectivity index (χ1v) is 7.89. The smallest absolute Gasteiger partial charge is 0.335 e. The number of carboxylic acids is 2. The molecule has 5 nitrogen and oxygen atoms in total. The molecule has 0 fully saturated rings. The van der Waals surface area contributed by atoms with Crippen LogP contribution in [0.1, 0.15) is 26.5 Å². The van der Waals surface area contributed by atoms with E-state index in [1.807, 2.05) is 0 Å². The second-order valence-corrected chi connectivity index (χ2v) is 6.66. The molecule has 1 heterocycles. The van der Waals surface area contributed by atoms with Crippen LogP contribution in [0.15, 0.2) is 28.6 Å². The Morgan fingerprint density at radius 2 is 1.90 bits per heavy atom. The number of nitrogens with zero attached hydrogens (tertiary/aromatic N) is 1. The van der Waals surface area contributed by atoms with Gasteiger partial charge in [0, 0.05) is 10.6 Å². The van der Waals surface area contributed by atoms with E-state index in [0.717, 1.165) is 20.5 Å². The van der Waals surface area contributed by atoms with Gasteiger partial charge in [-0.3, -0.25) is 4.79 Å². The van der Waals surface area contributed by atoms with Gasteiger partial charge in [0.15, 0.2) is 4.34 Å². The second kappa shape index (κ2) is 6.73. The maximum absolute atomic E-state index is 10.8. The van der Waals surface area contributed by atoms with Crippen LogP contribution in [0.2, 0.25) is 0 Å². The average molecular weight is 323 g/mol. The lowest BCUT2D eigenvalue weighted by molar-refractivity contribution is -0.136. The van der Waals surface area contributed by atoms with Gasteiger partial charge in [0.2, 0.25) is 0 Å². The van der Waals surface area contributed by atoms with Gasteiger partial charge in [-0.25, -0.2) is 9.78 Å². The van der Waals surface area contributed by atoms with Crippen molar-refractivity contribution in [1.29, 1.82) is 0 Å². The molecule has 21 heavy (non-hydrogen) atoms. The Labute approximate surface area is 129 Å². The first-order valence-electron chi connectivity index (χ1n) is 6.09. The summed E-state index contributed by atoms with van der Waals surface area (Å²) in [6, 6.07) is 6.69. The normalized spacial score (nSPS) is 10.5. The van der Waals surface area contributed by atoms with Crippen LogP contribution in [0.3, 0.4) is 0 Å². The van der Waals surface area contributed by atoms with Gasteiger partial charge in [-0.1, -0.05) is 23.9 Å². The van der Waals surface area contributed by atoms with Crippen LogP contribution in [0.5, 0.6) is 0 Å². The fraction of sp³-hybridized carbons (Fsp3) is 0.214. The van der Waals surface area contributed by atoms with Crippen molar-refractivity contribution in [3.05, 3.63) is 46.0 Å². The number of hydrogen-bond donors (Lipinski definition) is 2. The maximum Gasteiger partial charge on any atom is 0.335 e. The number of hydrogen-bond acceptors (Lipinski definition) is 5. The molecule has 0 amide bonds. The summed E-state index contributed by atoms with van der Waals surface area (Å²) in [7, 11) is 0. The predicted octanol–water partition coefficient (Wildman–Crippen LogP) is 3.07. The highest BCUT2D eigenvalue weighted by Crippen LogP contribution is 2.30. The van der Waals surface area contributed by atoms with Crippen LogP contribution in [0.25, 0.3) is 0 Å². The Hall–Kier alpha value is -1.86. The number of aliphatic carboxylic acids is 1. The molecule has 110 valence electrons. The molecule has 0 bridgehead atoms. The van der Waals surface area contributed by atoms with Crippen LogP contribution in [0, 0.1) is 6.92 Å². The Morgan fingerprint density at radius 1 is 1.24 bits per heavy atom. The SMILES string of the molecule is Cc1nc(SCc2ccc(C(=O)O)cc2)sc1CC(=O)O. The van der Waals surface area contributed by atoms with Crippen molar-refractivity contribution >= 4 is 35.0 Å². The number of benzene rings is 1. The minimum atomic E-state index is -0.942. The van der Waals surface area contributed by atoms with E-state index in [1.54, 1.807) is 31.2 Å². The zero-order valence-corrected chi connectivity index (χ0v) is 12.8. The van der Waals surface area contributed by atoms with Gasteiger partial charge >= 0.3 is 11.9 Å². The molecule has 0 aliphatic rings. The number of aromatic nitrogens is 1. The zero-order valence-electron chi connectivity index (χ0n) is 11.2. The average Bonchev–Trinajstić information content (AvgIpc) is 2.77. The molecule has 0 atom stereocenters. The first-order chi connectivity index (χ1) is 9.95. The fourth-order valence-electron chi connectivity index (χ4n) is 1.65. The third-order valence-electron chi connectivity index (χ3n) is 2.75. The molecule has 2 N–H and O–H groups in total. The molecule has 1 aromatic carbocycles. The Morgan fingerprint density at radius 3 is 2.48 bits per heavy atom. The van der Waals surface area contributed by atoms with Gasteiger partial charge in [-0.2, -0.15) is 0 Å². The van der Waals surface area contributed by atoms with E-state index in [2.05, 4.69) is 4.98 Å². The highest BCUT2D eigenvalue weighted by atomic mass is 32.2. The Kier molecular flexibility index (Phi) is 4.98. The largest absolute Gasteiger partial charge is 0.481 e. The highest BCUT2D eigenvalue weighted by Gasteiger charge is 2.11. The summed E-state index contributed by atoms with van der Waals surface area (Å²) in [5.41, 5.74) is 2.02. The van der Waals surface area contributed by atoms with E-state index in [0.29, 0.717) is 5.75 Å². The molecule has 1 aromatic heterocycles. The molecule has 0 aliphatic carbocycles. The molecule has 0 saturated carbocycles. The molecule has 7 heteroatoms. The van der Waals surface area contributed by atoms with Gasteiger partial charge in [-0.05, 0) is 24.6 Å². The van der Waals surface area contributed by atoms with Crippen LogP contribution >= 0.6 is 23.1 Å². The molecule has 0 saturated heterocycles. The van der Waals surface area contributed by atoms with Crippen LogP contribution in [-0.4, -0.2) is 27.1 Å². The van der Waals surface area contributed by atoms with E-state index in [9.17, 15) is 9.59 Å². The predicted molar refractivity (Wildman–Crippen MR) is 81.2 cm³/mol. The van der Waals surface area contributed by atoms with Gasteiger partial charge in [0.1, 0.15) is 0 Å². The summed E-state index contributed by atoms with van der Waals surface area (Å²) in [4.78, 5) is 26.6. The topological polar surface area (TPSA) is 87.5 Å². The third kappa shape index (κ3) is 4.30. The number of thioether (sulfide) groups is 1. The van der Waals surface area contributed by atoms with Crippen molar-refractivity contribution in [3.8, 4) is 0 Å². The van der Waals surface area contributed by atoms with Crippen LogP contribution in [0.4, 0.5) is 0 Å². The zero-order chi connectivity index (χ0) is 15.4. The minimum Gasteiger partial charge on any atom is -0.481 e. The summed E-state index contributed by atoms with van der Waals surface area (Å²) in [6.07, 6.45) is -0.00261. The number of carboxylic acid groups (broad SMARTS) is 2. The standard InChI is InChI=1S/C14H13NO4S2/c1-8-11(6-12(16)17)21-14(15-8)20-7-9-2-4-10(5-3-9)13(18)19/h2-5H,6-7H2,1H3,(H,16,17)(H,18,19). The van der Waals surface area contributed by atoms with E-state index in [4.69, 9.17) is 10.2 Å². The lowest BCUT2D eigenvalue weighted by atomic mass is 10.1. The summed E-state index contributed by atoms with van der Waals surface area (Å²) in [5, 5.41) is 17.6. The number of aromatic carboxylic acids is 1. The quantitative estimate of drug-likeness (QED) is 0.794. The molecule has 0 aliphatic heterocycles. The molecular weight excluding hydrogens is 310 g/mol. The number of aryl methyl sites for hydroxylation is 1. The first kappa shape index (κ1) is 15.5. The molecule has 0 unspecified atom stereocenters. The molecule has 0 radical (unpaired) electrons. The van der Waals surface area contributed by atoms with Crippen molar-refractivity contribution < 1.29 is 19.8 Å². The second-order valence-electron chi connectivity index (χ2n) is 4.35. The van der Waals surface area contributed by atoms with Crippen molar-refractivity contribution in [3.63, 3.8) is 0 Å². The fourth-order valence-corrected chi connectivity index (χ4v) is 3.83. The summed E-state index contributed by atoms with van der Waals surface area (Å²) in [6.45, 7) is 1.81. The summed E-state index contributed by atoms with van der Waals surface area (Å²) in [5.74, 6) is -1.13. The van der Waals surface area contributed by atoms with Crippen molar-refractivity contribution in [2.75, 3.05) is 0 Å². The third-order valence-corrected chi connectivity index (χ3v) is 5.12. The highest BCUT2D eigenvalue weighted by molar-refractivity contribution is 8.00. The lowest BCUT2D eigenvalue weighted by Crippen LogP contribution is -1.99. The Bertz CT molecular complexity index is 664. The molecule has 2 aromatic rings. The lowest BCUT2D eigenvalue weighted by Gasteiger charge is -2.00. The number of thiazole rings is 1. The van der Waals surface area contributed by atoms with Gasteiger partial charge in [-0.15, -0.1) is 11.3 Å². The maximum atomic E-state index is 10.8. The van der Waals surface area contributed by atoms with Crippen molar-refractivity contribution in [2.45, 2.75) is 23.4 Å². The number of rotatable bonds is 6. The Balaban J connectivity index is 1.99. The van der Waals surface area contributed by atoms with E-state index in [-0.39, 0.29) is 12.0 Å².